The van der Waals surface area contributed by atoms with Gasteiger partial charge in [-0.25, -0.2) is 4.39 Å². The lowest BCUT2D eigenvalue weighted by molar-refractivity contribution is 0.560. The Bertz CT molecular complexity index is 464. The van der Waals surface area contributed by atoms with E-state index < -0.39 is 0 Å². The van der Waals surface area contributed by atoms with Crippen LogP contribution in [0.2, 0.25) is 5.02 Å². The standard InChI is InChI=1S/C13H13ClFNS/c1-16-12(13-6-3-7-17-13)8-9-10(14)4-2-5-11(9)15/h2-7,12,16H,8H2,1H3. The second-order valence-corrected chi connectivity index (χ2v) is 5.15. The highest BCUT2D eigenvalue weighted by molar-refractivity contribution is 7.10. The van der Waals surface area contributed by atoms with Crippen LogP contribution in [0.5, 0.6) is 0 Å². The van der Waals surface area contributed by atoms with Crippen molar-refractivity contribution in [3.8, 4) is 0 Å². The van der Waals surface area contributed by atoms with E-state index in [0.717, 1.165) is 0 Å². The topological polar surface area (TPSA) is 12.0 Å². The van der Waals surface area contributed by atoms with Crippen LogP contribution in [-0.4, -0.2) is 7.05 Å². The Kier molecular flexibility index (Phi) is 4.15. The lowest BCUT2D eigenvalue weighted by atomic mass is 10.0. The highest BCUT2D eigenvalue weighted by Gasteiger charge is 2.15. The summed E-state index contributed by atoms with van der Waals surface area (Å²) in [4.78, 5) is 1.19. The number of thiophene rings is 1. The largest absolute Gasteiger partial charge is 0.312 e. The molecular formula is C13H13ClFNS. The third-order valence-electron chi connectivity index (χ3n) is 2.71. The molecule has 90 valence electrons. The summed E-state index contributed by atoms with van der Waals surface area (Å²) in [5.74, 6) is -0.241. The summed E-state index contributed by atoms with van der Waals surface area (Å²) in [6.45, 7) is 0. The molecule has 0 fully saturated rings. The summed E-state index contributed by atoms with van der Waals surface area (Å²) in [5.41, 5.74) is 0.571. The van der Waals surface area contributed by atoms with Gasteiger partial charge in [-0.3, -0.25) is 0 Å². The van der Waals surface area contributed by atoms with Crippen molar-refractivity contribution in [3.63, 3.8) is 0 Å². The van der Waals surface area contributed by atoms with Crippen molar-refractivity contribution in [1.29, 1.82) is 0 Å². The van der Waals surface area contributed by atoms with E-state index in [1.807, 2.05) is 24.6 Å². The summed E-state index contributed by atoms with van der Waals surface area (Å²) in [6.07, 6.45) is 0.558. The molecule has 0 radical (unpaired) electrons. The zero-order valence-corrected chi connectivity index (χ0v) is 11.0. The highest BCUT2D eigenvalue weighted by Crippen LogP contribution is 2.27. The molecule has 2 rings (SSSR count). The molecule has 0 saturated heterocycles. The molecule has 1 heterocycles. The summed E-state index contributed by atoms with van der Waals surface area (Å²) >= 11 is 7.69. The maximum Gasteiger partial charge on any atom is 0.127 e. The molecule has 1 atom stereocenters. The molecule has 1 unspecified atom stereocenters. The van der Waals surface area contributed by atoms with Crippen molar-refractivity contribution < 1.29 is 4.39 Å². The van der Waals surface area contributed by atoms with Crippen molar-refractivity contribution in [2.75, 3.05) is 7.05 Å². The molecule has 0 bridgehead atoms. The molecule has 1 aromatic heterocycles. The van der Waals surface area contributed by atoms with Crippen LogP contribution < -0.4 is 5.32 Å². The van der Waals surface area contributed by atoms with Gasteiger partial charge in [0, 0.05) is 21.5 Å². The Balaban J connectivity index is 2.25. The van der Waals surface area contributed by atoms with E-state index >= 15 is 0 Å². The van der Waals surface area contributed by atoms with Crippen molar-refractivity contribution in [2.45, 2.75) is 12.5 Å². The second-order valence-electron chi connectivity index (χ2n) is 3.76. The molecule has 4 heteroatoms. The molecule has 0 spiro atoms. The molecule has 17 heavy (non-hydrogen) atoms. The van der Waals surface area contributed by atoms with Gasteiger partial charge in [-0.1, -0.05) is 23.7 Å². The van der Waals surface area contributed by atoms with Crippen LogP contribution in [-0.2, 0) is 6.42 Å². The number of likely N-dealkylation sites (N-methyl/N-ethyl adjacent to an activating group) is 1. The van der Waals surface area contributed by atoms with E-state index in [0.29, 0.717) is 17.0 Å². The normalized spacial score (nSPS) is 12.6. The molecule has 0 amide bonds. The Morgan fingerprint density at radius 1 is 1.35 bits per heavy atom. The predicted molar refractivity (Wildman–Crippen MR) is 71.2 cm³/mol. The molecule has 1 aromatic carbocycles. The lowest BCUT2D eigenvalue weighted by Crippen LogP contribution is -2.18. The molecule has 0 aliphatic rings. The van der Waals surface area contributed by atoms with E-state index in [1.165, 1.54) is 10.9 Å². The monoisotopic (exact) mass is 269 g/mol. The van der Waals surface area contributed by atoms with E-state index in [4.69, 9.17) is 11.6 Å². The van der Waals surface area contributed by atoms with Gasteiger partial charge in [0.25, 0.3) is 0 Å². The number of benzene rings is 1. The maximum absolute atomic E-state index is 13.7. The fraction of sp³-hybridized carbons (Fsp3) is 0.231. The molecular weight excluding hydrogens is 257 g/mol. The van der Waals surface area contributed by atoms with Gasteiger partial charge >= 0.3 is 0 Å². The maximum atomic E-state index is 13.7. The van der Waals surface area contributed by atoms with E-state index in [-0.39, 0.29) is 11.9 Å². The molecule has 2 aromatic rings. The van der Waals surface area contributed by atoms with Crippen LogP contribution >= 0.6 is 22.9 Å². The third kappa shape index (κ3) is 2.86. The fourth-order valence-corrected chi connectivity index (χ4v) is 2.84. The Hall–Kier alpha value is -0.900. The molecule has 1 nitrogen and oxygen atoms in total. The molecule has 1 N–H and O–H groups in total. The minimum absolute atomic E-state index is 0.101. The van der Waals surface area contributed by atoms with Gasteiger partial charge in [-0.2, -0.15) is 0 Å². The third-order valence-corrected chi connectivity index (χ3v) is 4.05. The average Bonchev–Trinajstić information content (AvgIpc) is 2.82. The fourth-order valence-electron chi connectivity index (χ4n) is 1.77. The number of nitrogens with one attached hydrogen (secondary N) is 1. The van der Waals surface area contributed by atoms with Crippen LogP contribution in [0.15, 0.2) is 35.7 Å². The van der Waals surface area contributed by atoms with Gasteiger partial charge in [0.15, 0.2) is 0 Å². The summed E-state index contributed by atoms with van der Waals surface area (Å²) in [5, 5.41) is 5.70. The highest BCUT2D eigenvalue weighted by atomic mass is 35.5. The average molecular weight is 270 g/mol. The first-order chi connectivity index (χ1) is 8.22. The smallest absolute Gasteiger partial charge is 0.127 e. The summed E-state index contributed by atoms with van der Waals surface area (Å²) in [6, 6.07) is 8.93. The van der Waals surface area contributed by atoms with E-state index in [9.17, 15) is 4.39 Å². The van der Waals surface area contributed by atoms with Gasteiger partial charge in [0.1, 0.15) is 5.82 Å². The first kappa shape index (κ1) is 12.6. The van der Waals surface area contributed by atoms with Crippen molar-refractivity contribution >= 4 is 22.9 Å². The number of rotatable bonds is 4. The second kappa shape index (κ2) is 5.63. The SMILES string of the molecule is CNC(Cc1c(F)cccc1Cl)c1cccs1. The van der Waals surface area contributed by atoms with Crippen molar-refractivity contribution in [2.24, 2.45) is 0 Å². The van der Waals surface area contributed by atoms with Crippen molar-refractivity contribution in [3.05, 3.63) is 57.0 Å². The lowest BCUT2D eigenvalue weighted by Gasteiger charge is -2.15. The Morgan fingerprint density at radius 2 is 2.18 bits per heavy atom. The van der Waals surface area contributed by atoms with Gasteiger partial charge in [-0.05, 0) is 37.0 Å². The van der Waals surface area contributed by atoms with Gasteiger partial charge < -0.3 is 5.32 Å². The van der Waals surface area contributed by atoms with Crippen LogP contribution in [0.25, 0.3) is 0 Å². The van der Waals surface area contributed by atoms with Gasteiger partial charge in [-0.15, -0.1) is 11.3 Å². The summed E-state index contributed by atoms with van der Waals surface area (Å²) in [7, 11) is 1.87. The number of hydrogen-bond acceptors (Lipinski definition) is 2. The molecule has 0 aliphatic heterocycles. The Morgan fingerprint density at radius 3 is 2.76 bits per heavy atom. The number of halogens is 2. The molecule has 0 saturated carbocycles. The zero-order valence-electron chi connectivity index (χ0n) is 9.41. The number of hydrogen-bond donors (Lipinski definition) is 1. The van der Waals surface area contributed by atoms with Crippen LogP contribution in [0.4, 0.5) is 4.39 Å². The Labute approximate surface area is 109 Å². The van der Waals surface area contributed by atoms with E-state index in [2.05, 4.69) is 5.32 Å². The van der Waals surface area contributed by atoms with E-state index in [1.54, 1.807) is 23.5 Å². The summed E-state index contributed by atoms with van der Waals surface area (Å²) < 4.78 is 13.7. The first-order valence-corrected chi connectivity index (χ1v) is 6.61. The van der Waals surface area contributed by atoms with Crippen LogP contribution in [0.1, 0.15) is 16.5 Å². The zero-order chi connectivity index (χ0) is 12.3. The predicted octanol–water partition coefficient (Wildman–Crippen LogP) is 4.04. The molecule has 0 aliphatic carbocycles. The van der Waals surface area contributed by atoms with Crippen LogP contribution in [0.3, 0.4) is 0 Å². The van der Waals surface area contributed by atoms with Gasteiger partial charge in [0.2, 0.25) is 0 Å². The first-order valence-electron chi connectivity index (χ1n) is 5.36. The quantitative estimate of drug-likeness (QED) is 0.883. The van der Waals surface area contributed by atoms with Gasteiger partial charge in [0.05, 0.1) is 0 Å². The minimum Gasteiger partial charge on any atom is -0.312 e. The van der Waals surface area contributed by atoms with Crippen LogP contribution in [0, 0.1) is 5.82 Å². The minimum atomic E-state index is -0.241. The van der Waals surface area contributed by atoms with Crippen molar-refractivity contribution in [1.82, 2.24) is 5.32 Å².